The van der Waals surface area contributed by atoms with Crippen LogP contribution in [0.5, 0.6) is 17.4 Å². The van der Waals surface area contributed by atoms with Gasteiger partial charge in [0.1, 0.15) is 6.33 Å². The molecule has 8 heteroatoms. The number of ether oxygens (including phenoxy) is 2. The lowest BCUT2D eigenvalue weighted by Crippen LogP contribution is -2.20. The van der Waals surface area contributed by atoms with Crippen molar-refractivity contribution >= 4 is 11.5 Å². The number of para-hydroxylation sites is 2. The highest BCUT2D eigenvalue weighted by atomic mass is 16.6. The fraction of sp³-hybridized carbons (Fsp3) is 0.333. The SMILES string of the molecule is COc1ccccc1Oc1ncnc(N2CCCC2)c1[N+](=O)[O-]. The van der Waals surface area contributed by atoms with Crippen molar-refractivity contribution in [3.8, 4) is 17.4 Å². The van der Waals surface area contributed by atoms with Gasteiger partial charge in [0.25, 0.3) is 0 Å². The van der Waals surface area contributed by atoms with Crippen molar-refractivity contribution in [1.82, 2.24) is 9.97 Å². The Morgan fingerprint density at radius 2 is 1.87 bits per heavy atom. The summed E-state index contributed by atoms with van der Waals surface area (Å²) < 4.78 is 10.8. The molecule has 1 aromatic carbocycles. The van der Waals surface area contributed by atoms with Crippen molar-refractivity contribution in [3.63, 3.8) is 0 Å². The highest BCUT2D eigenvalue weighted by Gasteiger charge is 2.30. The lowest BCUT2D eigenvalue weighted by atomic mass is 10.3. The van der Waals surface area contributed by atoms with Crippen LogP contribution in [0.1, 0.15) is 12.8 Å². The highest BCUT2D eigenvalue weighted by molar-refractivity contribution is 5.64. The molecule has 3 rings (SSSR count). The largest absolute Gasteiger partial charge is 0.493 e. The van der Waals surface area contributed by atoms with Gasteiger partial charge in [-0.2, -0.15) is 4.98 Å². The average molecular weight is 316 g/mol. The molecule has 2 aromatic rings. The molecule has 1 aliphatic rings. The number of rotatable bonds is 5. The first-order valence-electron chi connectivity index (χ1n) is 7.26. The molecule has 1 aromatic heterocycles. The molecule has 0 aliphatic carbocycles. The monoisotopic (exact) mass is 316 g/mol. The maximum Gasteiger partial charge on any atom is 0.373 e. The summed E-state index contributed by atoms with van der Waals surface area (Å²) in [6, 6.07) is 6.92. The van der Waals surface area contributed by atoms with Gasteiger partial charge < -0.3 is 14.4 Å². The van der Waals surface area contributed by atoms with E-state index in [0.717, 1.165) is 25.9 Å². The van der Waals surface area contributed by atoms with Crippen molar-refractivity contribution < 1.29 is 14.4 Å². The molecule has 0 bridgehead atoms. The Labute approximate surface area is 132 Å². The molecule has 120 valence electrons. The van der Waals surface area contributed by atoms with Crippen molar-refractivity contribution in [2.45, 2.75) is 12.8 Å². The normalized spacial score (nSPS) is 13.9. The van der Waals surface area contributed by atoms with Crippen LogP contribution in [0.25, 0.3) is 0 Å². The minimum absolute atomic E-state index is 0.0867. The molecule has 0 unspecified atom stereocenters. The van der Waals surface area contributed by atoms with Crippen LogP contribution in [0.2, 0.25) is 0 Å². The number of nitrogens with zero attached hydrogens (tertiary/aromatic N) is 4. The maximum absolute atomic E-state index is 11.5. The number of benzene rings is 1. The van der Waals surface area contributed by atoms with Gasteiger partial charge in [0.2, 0.25) is 5.82 Å². The van der Waals surface area contributed by atoms with E-state index in [1.165, 1.54) is 13.4 Å². The summed E-state index contributed by atoms with van der Waals surface area (Å²) in [4.78, 5) is 20.9. The van der Waals surface area contributed by atoms with Crippen molar-refractivity contribution in [3.05, 3.63) is 40.7 Å². The van der Waals surface area contributed by atoms with E-state index < -0.39 is 4.92 Å². The third-order valence-corrected chi connectivity index (χ3v) is 3.63. The van der Waals surface area contributed by atoms with Gasteiger partial charge in [-0.25, -0.2) is 4.98 Å². The molecular formula is C15H16N4O4. The third-order valence-electron chi connectivity index (χ3n) is 3.63. The second kappa shape index (κ2) is 6.47. The van der Waals surface area contributed by atoms with E-state index in [2.05, 4.69) is 9.97 Å². The molecule has 0 N–H and O–H groups in total. The van der Waals surface area contributed by atoms with Crippen molar-refractivity contribution in [1.29, 1.82) is 0 Å². The summed E-state index contributed by atoms with van der Waals surface area (Å²) >= 11 is 0. The predicted molar refractivity (Wildman–Crippen MR) is 83.2 cm³/mol. The predicted octanol–water partition coefficient (Wildman–Crippen LogP) is 2.79. The zero-order valence-corrected chi connectivity index (χ0v) is 12.6. The Balaban J connectivity index is 2.01. The van der Waals surface area contributed by atoms with Crippen LogP contribution in [0.15, 0.2) is 30.6 Å². The van der Waals surface area contributed by atoms with Crippen molar-refractivity contribution in [2.75, 3.05) is 25.1 Å². The topological polar surface area (TPSA) is 90.6 Å². The standard InChI is InChI=1S/C15H16N4O4/c1-22-11-6-2-3-7-12(11)23-15-13(19(20)21)14(16-10-17-15)18-8-4-5-9-18/h2-3,6-7,10H,4-5,8-9H2,1H3. The summed E-state index contributed by atoms with van der Waals surface area (Å²) in [5, 5.41) is 11.5. The molecule has 0 radical (unpaired) electrons. The van der Waals surface area contributed by atoms with Gasteiger partial charge in [-0.1, -0.05) is 12.1 Å². The molecule has 1 aliphatic heterocycles. The number of aromatic nitrogens is 2. The fourth-order valence-electron chi connectivity index (χ4n) is 2.56. The number of nitro groups is 1. The Morgan fingerprint density at radius 1 is 1.17 bits per heavy atom. The van der Waals surface area contributed by atoms with Gasteiger partial charge in [-0.05, 0) is 25.0 Å². The van der Waals surface area contributed by atoms with E-state index in [0.29, 0.717) is 17.3 Å². The van der Waals surface area contributed by atoms with E-state index in [1.807, 2.05) is 4.90 Å². The zero-order chi connectivity index (χ0) is 16.2. The van der Waals surface area contributed by atoms with Gasteiger partial charge in [-0.3, -0.25) is 10.1 Å². The van der Waals surface area contributed by atoms with Crippen LogP contribution in [-0.2, 0) is 0 Å². The van der Waals surface area contributed by atoms with Gasteiger partial charge in [0.05, 0.1) is 12.0 Å². The Morgan fingerprint density at radius 3 is 2.52 bits per heavy atom. The van der Waals surface area contributed by atoms with Crippen LogP contribution < -0.4 is 14.4 Å². The van der Waals surface area contributed by atoms with Crippen LogP contribution in [0.3, 0.4) is 0 Å². The minimum atomic E-state index is -0.502. The van der Waals surface area contributed by atoms with Crippen LogP contribution in [-0.4, -0.2) is 35.1 Å². The highest BCUT2D eigenvalue weighted by Crippen LogP contribution is 2.39. The van der Waals surface area contributed by atoms with Crippen LogP contribution >= 0.6 is 0 Å². The molecule has 8 nitrogen and oxygen atoms in total. The van der Waals surface area contributed by atoms with E-state index >= 15 is 0 Å². The summed E-state index contributed by atoms with van der Waals surface area (Å²) in [7, 11) is 1.51. The average Bonchev–Trinajstić information content (AvgIpc) is 3.09. The number of methoxy groups -OCH3 is 1. The molecule has 1 saturated heterocycles. The summed E-state index contributed by atoms with van der Waals surface area (Å²) in [5.41, 5.74) is -0.222. The first kappa shape index (κ1) is 15.0. The molecule has 0 atom stereocenters. The first-order chi connectivity index (χ1) is 11.2. The summed E-state index contributed by atoms with van der Waals surface area (Å²) in [6.07, 6.45) is 3.26. The minimum Gasteiger partial charge on any atom is -0.493 e. The van der Waals surface area contributed by atoms with E-state index in [9.17, 15) is 10.1 Å². The molecular weight excluding hydrogens is 300 g/mol. The smallest absolute Gasteiger partial charge is 0.373 e. The molecule has 1 fully saturated rings. The van der Waals surface area contributed by atoms with E-state index in [-0.39, 0.29) is 11.6 Å². The quantitative estimate of drug-likeness (QED) is 0.618. The van der Waals surface area contributed by atoms with Crippen molar-refractivity contribution in [2.24, 2.45) is 0 Å². The zero-order valence-electron chi connectivity index (χ0n) is 12.6. The van der Waals surface area contributed by atoms with Gasteiger partial charge in [0, 0.05) is 13.1 Å². The molecule has 23 heavy (non-hydrogen) atoms. The number of hydrogen-bond donors (Lipinski definition) is 0. The van der Waals surface area contributed by atoms with Gasteiger partial charge >= 0.3 is 11.6 Å². The first-order valence-corrected chi connectivity index (χ1v) is 7.26. The number of anilines is 1. The molecule has 2 heterocycles. The molecule has 0 saturated carbocycles. The number of hydrogen-bond acceptors (Lipinski definition) is 7. The van der Waals surface area contributed by atoms with E-state index in [1.54, 1.807) is 24.3 Å². The second-order valence-corrected chi connectivity index (χ2v) is 5.06. The lowest BCUT2D eigenvalue weighted by Gasteiger charge is -2.17. The Hall–Kier alpha value is -2.90. The fourth-order valence-corrected chi connectivity index (χ4v) is 2.56. The van der Waals surface area contributed by atoms with Crippen LogP contribution in [0.4, 0.5) is 11.5 Å². The summed E-state index contributed by atoms with van der Waals surface area (Å²) in [6.45, 7) is 1.48. The Kier molecular flexibility index (Phi) is 4.22. The lowest BCUT2D eigenvalue weighted by molar-refractivity contribution is -0.385. The van der Waals surface area contributed by atoms with Crippen LogP contribution in [0, 0.1) is 10.1 Å². The molecule has 0 spiro atoms. The maximum atomic E-state index is 11.5. The summed E-state index contributed by atoms with van der Waals surface area (Å²) in [5.74, 6) is 1.05. The molecule has 0 amide bonds. The Bertz CT molecular complexity index is 716. The van der Waals surface area contributed by atoms with E-state index in [4.69, 9.17) is 9.47 Å². The third kappa shape index (κ3) is 3.01. The van der Waals surface area contributed by atoms with Gasteiger partial charge in [0.15, 0.2) is 11.5 Å². The second-order valence-electron chi connectivity index (χ2n) is 5.06. The van der Waals surface area contributed by atoms with Gasteiger partial charge in [-0.15, -0.1) is 0 Å².